The molecule has 3 aliphatic carbocycles. The van der Waals surface area contributed by atoms with Crippen LogP contribution in [0.15, 0.2) is 42.6 Å². The lowest BCUT2D eigenvalue weighted by molar-refractivity contribution is -0.0412. The van der Waals surface area contributed by atoms with Crippen LogP contribution in [0.25, 0.3) is 0 Å². The molecule has 7 atom stereocenters. The van der Waals surface area contributed by atoms with Gasteiger partial charge in [0.1, 0.15) is 6.61 Å². The molecule has 3 saturated carbocycles. The first-order valence-electron chi connectivity index (χ1n) is 16.6. The number of oxime groups is 1. The molecule has 0 spiro atoms. The molecule has 7 unspecified atom stereocenters. The number of hydrogen-bond donors (Lipinski definition) is 2. The second-order valence-corrected chi connectivity index (χ2v) is 13.8. The van der Waals surface area contributed by atoms with Crippen molar-refractivity contribution in [3.05, 3.63) is 37.5 Å². The monoisotopic (exact) mass is 556 g/mol. The highest BCUT2D eigenvalue weighted by molar-refractivity contribution is 5.85. The van der Waals surface area contributed by atoms with Gasteiger partial charge in [0.05, 0.1) is 5.71 Å². The molecule has 0 aromatic rings. The van der Waals surface area contributed by atoms with Crippen LogP contribution < -0.4 is 10.6 Å². The normalized spacial score (nSPS) is 36.1. The van der Waals surface area contributed by atoms with Crippen molar-refractivity contribution in [3.63, 3.8) is 0 Å². The summed E-state index contributed by atoms with van der Waals surface area (Å²) in [6.07, 6.45) is 18.7. The van der Waals surface area contributed by atoms with E-state index in [-0.39, 0.29) is 0 Å². The van der Waals surface area contributed by atoms with Gasteiger partial charge in [-0.3, -0.25) is 0 Å². The number of nitrogens with one attached hydrogen (secondary N) is 2. The Bertz CT molecular complexity index is 813. The van der Waals surface area contributed by atoms with Crippen LogP contribution in [-0.2, 0) is 4.84 Å². The van der Waals surface area contributed by atoms with Gasteiger partial charge in [-0.1, -0.05) is 70.5 Å². The predicted molar refractivity (Wildman–Crippen MR) is 176 cm³/mol. The summed E-state index contributed by atoms with van der Waals surface area (Å²) < 4.78 is 0. The quantitative estimate of drug-likeness (QED) is 0.122. The first-order chi connectivity index (χ1) is 19.2. The van der Waals surface area contributed by atoms with Crippen molar-refractivity contribution < 1.29 is 4.84 Å². The Balaban J connectivity index is 0.000000622. The van der Waals surface area contributed by atoms with Gasteiger partial charge in [-0.05, 0) is 126 Å². The Morgan fingerprint density at radius 1 is 1.15 bits per heavy atom. The third-order valence-electron chi connectivity index (χ3n) is 10.9. The fourth-order valence-electron chi connectivity index (χ4n) is 9.11. The maximum atomic E-state index is 5.84. The highest BCUT2D eigenvalue weighted by atomic mass is 16.6. The predicted octanol–water partition coefficient (Wildman–Crippen LogP) is 8.96. The molecule has 4 heteroatoms. The molecule has 40 heavy (non-hydrogen) atoms. The summed E-state index contributed by atoms with van der Waals surface area (Å²) in [4.78, 5) is 5.84. The first-order valence-corrected chi connectivity index (χ1v) is 16.6. The van der Waals surface area contributed by atoms with Crippen LogP contribution in [-0.4, -0.2) is 38.5 Å². The van der Waals surface area contributed by atoms with E-state index in [1.165, 1.54) is 76.5 Å². The van der Waals surface area contributed by atoms with Gasteiger partial charge in [-0.2, -0.15) is 0 Å². The van der Waals surface area contributed by atoms with Crippen molar-refractivity contribution in [2.24, 2.45) is 45.6 Å². The largest absolute Gasteiger partial charge is 0.396 e. The topological polar surface area (TPSA) is 45.6 Å². The second kappa shape index (κ2) is 16.9. The lowest BCUT2D eigenvalue weighted by Crippen LogP contribution is -2.50. The van der Waals surface area contributed by atoms with Crippen LogP contribution in [0.2, 0.25) is 0 Å². The van der Waals surface area contributed by atoms with Crippen LogP contribution >= 0.6 is 0 Å². The Kier molecular flexibility index (Phi) is 14.7. The molecular formula is C36H65N3O. The molecule has 0 bridgehead atoms. The van der Waals surface area contributed by atoms with Crippen molar-refractivity contribution in [1.29, 1.82) is 0 Å². The average molecular weight is 556 g/mol. The van der Waals surface area contributed by atoms with Crippen LogP contribution in [0.3, 0.4) is 0 Å². The molecule has 0 aromatic heterocycles. The molecule has 230 valence electrons. The Morgan fingerprint density at radius 2 is 1.90 bits per heavy atom. The minimum Gasteiger partial charge on any atom is -0.396 e. The van der Waals surface area contributed by atoms with Gasteiger partial charge in [0.25, 0.3) is 0 Å². The molecule has 1 aliphatic heterocycles. The number of hydrogen-bond acceptors (Lipinski definition) is 4. The van der Waals surface area contributed by atoms with E-state index in [0.29, 0.717) is 22.8 Å². The van der Waals surface area contributed by atoms with E-state index in [9.17, 15) is 0 Å². The number of rotatable bonds is 10. The van der Waals surface area contributed by atoms with Crippen molar-refractivity contribution in [3.8, 4) is 0 Å². The fourth-order valence-corrected chi connectivity index (χ4v) is 9.11. The molecule has 1 heterocycles. The molecule has 4 fully saturated rings. The summed E-state index contributed by atoms with van der Waals surface area (Å²) in [5, 5.41) is 11.3. The summed E-state index contributed by atoms with van der Waals surface area (Å²) in [5.74, 6) is 3.95. The van der Waals surface area contributed by atoms with E-state index in [1.54, 1.807) is 5.57 Å². The summed E-state index contributed by atoms with van der Waals surface area (Å²) in [6.45, 7) is 27.2. The molecule has 2 N–H and O–H groups in total. The van der Waals surface area contributed by atoms with E-state index >= 15 is 0 Å². The van der Waals surface area contributed by atoms with Gasteiger partial charge in [0.15, 0.2) is 0 Å². The van der Waals surface area contributed by atoms with Gasteiger partial charge in [-0.25, -0.2) is 0 Å². The molecule has 1 saturated heterocycles. The van der Waals surface area contributed by atoms with Crippen LogP contribution in [0.5, 0.6) is 0 Å². The lowest BCUT2D eigenvalue weighted by atomic mass is 9.47. The summed E-state index contributed by atoms with van der Waals surface area (Å²) >= 11 is 0. The number of fused-ring (bicyclic) bond motifs is 3. The SMILES string of the molecule is C=C.C=C/C=C1/CCC2C(CCC3(C)C(/C(C)=N/OCCC4CCCN4)CCC23)C1(C)CCC.CNCC(C)C. The molecule has 4 nitrogen and oxygen atoms in total. The van der Waals surface area contributed by atoms with Crippen molar-refractivity contribution in [2.45, 2.75) is 118 Å². The third kappa shape index (κ3) is 8.34. The van der Waals surface area contributed by atoms with E-state index in [1.807, 2.05) is 13.1 Å². The highest BCUT2D eigenvalue weighted by Gasteiger charge is 2.58. The third-order valence-corrected chi connectivity index (χ3v) is 10.9. The minimum atomic E-state index is 0.367. The van der Waals surface area contributed by atoms with Gasteiger partial charge >= 0.3 is 0 Å². The molecule has 4 rings (SSSR count). The molecule has 0 amide bonds. The van der Waals surface area contributed by atoms with E-state index < -0.39 is 0 Å². The number of allylic oxidation sites excluding steroid dienone is 3. The van der Waals surface area contributed by atoms with Crippen molar-refractivity contribution in [1.82, 2.24) is 10.6 Å². The van der Waals surface area contributed by atoms with Gasteiger partial charge < -0.3 is 15.5 Å². The van der Waals surface area contributed by atoms with E-state index in [2.05, 4.69) is 83.1 Å². The Labute approximate surface area is 248 Å². The number of nitrogens with zero attached hydrogens (tertiary/aromatic N) is 1. The fraction of sp³-hybridized carbons (Fsp3) is 0.806. The molecule has 0 radical (unpaired) electrons. The van der Waals surface area contributed by atoms with Crippen LogP contribution in [0, 0.1) is 40.4 Å². The first kappa shape index (κ1) is 34.8. The van der Waals surface area contributed by atoms with E-state index in [4.69, 9.17) is 4.84 Å². The Hall–Kier alpha value is -1.39. The highest BCUT2D eigenvalue weighted by Crippen LogP contribution is 2.66. The summed E-state index contributed by atoms with van der Waals surface area (Å²) in [5.41, 5.74) is 3.70. The zero-order valence-corrected chi connectivity index (χ0v) is 27.5. The summed E-state index contributed by atoms with van der Waals surface area (Å²) in [7, 11) is 1.97. The van der Waals surface area contributed by atoms with E-state index in [0.717, 1.165) is 43.2 Å². The van der Waals surface area contributed by atoms with Gasteiger partial charge in [-0.15, -0.1) is 13.2 Å². The summed E-state index contributed by atoms with van der Waals surface area (Å²) in [6, 6.07) is 0.637. The molecule has 4 aliphatic rings. The second-order valence-electron chi connectivity index (χ2n) is 13.8. The maximum absolute atomic E-state index is 5.84. The van der Waals surface area contributed by atoms with Crippen molar-refractivity contribution >= 4 is 5.71 Å². The zero-order valence-electron chi connectivity index (χ0n) is 27.5. The maximum Gasteiger partial charge on any atom is 0.118 e. The molecular weight excluding hydrogens is 490 g/mol. The van der Waals surface area contributed by atoms with Gasteiger partial charge in [0, 0.05) is 12.0 Å². The van der Waals surface area contributed by atoms with Crippen molar-refractivity contribution in [2.75, 3.05) is 26.7 Å². The average Bonchev–Trinajstić information content (AvgIpc) is 3.57. The lowest BCUT2D eigenvalue weighted by Gasteiger charge is -2.57. The standard InChI is InChI=1S/C29H48N2O.C5H13N.C2H4/c1-6-9-22-11-12-24-26-14-13-25(21(3)31-32-20-16-23-10-8-19-30-23)29(26,5)18-15-27(24)28(22,4)17-7-2;1-5(2)4-6-3;1-2/h6,9,23-27,30H,1,7-8,10-20H2,2-5H3;5-6H,4H2,1-3H3;1-2H2/b22-9-,31-21+;;. The van der Waals surface area contributed by atoms with Crippen LogP contribution in [0.4, 0.5) is 0 Å². The Morgan fingerprint density at radius 3 is 2.48 bits per heavy atom. The minimum absolute atomic E-state index is 0.367. The van der Waals surface area contributed by atoms with Gasteiger partial charge in [0.2, 0.25) is 0 Å². The zero-order chi connectivity index (χ0) is 29.8. The van der Waals surface area contributed by atoms with Crippen LogP contribution in [0.1, 0.15) is 112 Å². The smallest absolute Gasteiger partial charge is 0.118 e. The molecule has 0 aromatic carbocycles.